The summed E-state index contributed by atoms with van der Waals surface area (Å²) in [4.78, 5) is 11.2. The molecular formula is C17H21ClFN3O7S2. The average Bonchev–Trinajstić information content (AvgIpc) is 2.66. The van der Waals surface area contributed by atoms with Crippen molar-refractivity contribution in [1.29, 1.82) is 0 Å². The summed E-state index contributed by atoms with van der Waals surface area (Å²) in [5, 5.41) is 5.38. The van der Waals surface area contributed by atoms with Gasteiger partial charge in [-0.05, 0) is 49.4 Å². The van der Waals surface area contributed by atoms with Gasteiger partial charge in [-0.1, -0.05) is 11.6 Å². The molecule has 0 aromatic heterocycles. The smallest absolute Gasteiger partial charge is 0.332 e. The predicted molar refractivity (Wildman–Crippen MR) is 115 cm³/mol. The van der Waals surface area contributed by atoms with Crippen LogP contribution in [0.3, 0.4) is 0 Å². The third-order valence-electron chi connectivity index (χ3n) is 3.36. The Morgan fingerprint density at radius 3 is 2.23 bits per heavy atom. The summed E-state index contributed by atoms with van der Waals surface area (Å²) in [5.41, 5.74) is 6.40. The fourth-order valence-electron chi connectivity index (χ4n) is 1.84. The van der Waals surface area contributed by atoms with E-state index in [1.807, 2.05) is 0 Å². The number of rotatable bonds is 7. The standard InChI is InChI=1S/C15H15ClFN3O4S.C2H6O3S/c16-13-9-10(18)1-6-14(13)24-8-7-19-15(21)20-11-2-4-12(5-3-11)25(17,22)23;1-2-6(3,4)5/h1-6,9H,7-8,18H2,(H2,19,20,21);2H2,1H3,(H,3,4,5). The molecule has 2 amide bonds. The SMILES string of the molecule is CCS(=O)(=O)O.Nc1ccc(OCCNC(=O)Nc2ccc(S(=O)(=O)F)cc2)c(Cl)c1. The van der Waals surface area contributed by atoms with Gasteiger partial charge in [0.1, 0.15) is 12.4 Å². The normalized spacial score (nSPS) is 11.1. The van der Waals surface area contributed by atoms with E-state index >= 15 is 0 Å². The fourth-order valence-corrected chi connectivity index (χ4v) is 2.54. The Kier molecular flexibility index (Phi) is 9.97. The van der Waals surface area contributed by atoms with E-state index in [0.29, 0.717) is 22.1 Å². The molecule has 0 saturated carbocycles. The van der Waals surface area contributed by atoms with E-state index in [2.05, 4.69) is 10.6 Å². The molecule has 0 radical (unpaired) electrons. The molecule has 0 atom stereocenters. The van der Waals surface area contributed by atoms with Crippen molar-refractivity contribution in [2.24, 2.45) is 0 Å². The van der Waals surface area contributed by atoms with E-state index in [1.165, 1.54) is 19.1 Å². The zero-order valence-corrected chi connectivity index (χ0v) is 18.6. The molecule has 0 unspecified atom stereocenters. The van der Waals surface area contributed by atoms with Gasteiger partial charge in [-0.2, -0.15) is 16.8 Å². The first-order valence-electron chi connectivity index (χ1n) is 8.54. The highest BCUT2D eigenvalue weighted by Crippen LogP contribution is 2.26. The minimum atomic E-state index is -4.76. The van der Waals surface area contributed by atoms with Gasteiger partial charge in [-0.3, -0.25) is 4.55 Å². The number of urea groups is 1. The van der Waals surface area contributed by atoms with Crippen LogP contribution < -0.4 is 21.1 Å². The largest absolute Gasteiger partial charge is 0.490 e. The number of amides is 2. The van der Waals surface area contributed by atoms with Crippen molar-refractivity contribution >= 4 is 49.3 Å². The van der Waals surface area contributed by atoms with Crippen molar-refractivity contribution in [3.8, 4) is 5.75 Å². The maximum Gasteiger partial charge on any atom is 0.332 e. The van der Waals surface area contributed by atoms with E-state index in [-0.39, 0.29) is 18.9 Å². The molecular weight excluding hydrogens is 477 g/mol. The number of hydrogen-bond donors (Lipinski definition) is 4. The minimum absolute atomic E-state index is 0.177. The number of carbonyl (C=O) groups is 1. The van der Waals surface area contributed by atoms with Gasteiger partial charge in [0, 0.05) is 11.4 Å². The van der Waals surface area contributed by atoms with Crippen LogP contribution in [0.25, 0.3) is 0 Å². The first-order chi connectivity index (χ1) is 14.3. The number of ether oxygens (including phenoxy) is 1. The number of hydrogen-bond acceptors (Lipinski definition) is 7. The molecule has 2 aromatic rings. The first kappa shape index (κ1) is 26.4. The number of halogens is 2. The molecule has 5 N–H and O–H groups in total. The number of anilines is 2. The molecule has 2 rings (SSSR count). The van der Waals surface area contributed by atoms with Crippen molar-refractivity contribution in [2.75, 3.05) is 30.0 Å². The lowest BCUT2D eigenvalue weighted by Gasteiger charge is -2.10. The summed E-state index contributed by atoms with van der Waals surface area (Å²) in [6.07, 6.45) is 0. The zero-order chi connectivity index (χ0) is 23.7. The van der Waals surface area contributed by atoms with E-state index in [9.17, 15) is 25.5 Å². The molecule has 10 nitrogen and oxygen atoms in total. The van der Waals surface area contributed by atoms with Crippen molar-refractivity contribution in [2.45, 2.75) is 11.8 Å². The Hall–Kier alpha value is -2.61. The van der Waals surface area contributed by atoms with Gasteiger partial charge < -0.3 is 21.1 Å². The second kappa shape index (κ2) is 11.7. The van der Waals surface area contributed by atoms with Crippen LogP contribution in [-0.4, -0.2) is 46.3 Å². The highest BCUT2D eigenvalue weighted by atomic mass is 35.5. The molecule has 2 aromatic carbocycles. The van der Waals surface area contributed by atoms with Crippen LogP contribution in [0.1, 0.15) is 6.92 Å². The lowest BCUT2D eigenvalue weighted by molar-refractivity contribution is 0.247. The number of nitrogen functional groups attached to an aromatic ring is 1. The van der Waals surface area contributed by atoms with Crippen molar-refractivity contribution in [3.63, 3.8) is 0 Å². The summed E-state index contributed by atoms with van der Waals surface area (Å²) in [5.74, 6) is 0.244. The molecule has 0 aliphatic carbocycles. The Labute approximate surface area is 184 Å². The molecule has 31 heavy (non-hydrogen) atoms. The van der Waals surface area contributed by atoms with E-state index in [1.54, 1.807) is 18.2 Å². The highest BCUT2D eigenvalue weighted by Gasteiger charge is 2.11. The summed E-state index contributed by atoms with van der Waals surface area (Å²) < 4.78 is 66.5. The van der Waals surface area contributed by atoms with Gasteiger partial charge in [-0.25, -0.2) is 4.79 Å². The van der Waals surface area contributed by atoms with Gasteiger partial charge in [0.2, 0.25) is 0 Å². The molecule has 14 heteroatoms. The van der Waals surface area contributed by atoms with Gasteiger partial charge >= 0.3 is 16.3 Å². The topological polar surface area (TPSA) is 165 Å². The second-order valence-corrected chi connectivity index (χ2v) is 9.25. The summed E-state index contributed by atoms with van der Waals surface area (Å²) in [7, 11) is -8.42. The van der Waals surface area contributed by atoms with E-state index in [0.717, 1.165) is 12.1 Å². The van der Waals surface area contributed by atoms with Crippen LogP contribution in [0.4, 0.5) is 20.1 Å². The molecule has 0 spiro atoms. The van der Waals surface area contributed by atoms with Crippen molar-refractivity contribution in [3.05, 3.63) is 47.5 Å². The van der Waals surface area contributed by atoms with Crippen LogP contribution in [0.5, 0.6) is 5.75 Å². The lowest BCUT2D eigenvalue weighted by atomic mass is 10.3. The van der Waals surface area contributed by atoms with Crippen LogP contribution in [-0.2, 0) is 20.3 Å². The van der Waals surface area contributed by atoms with E-state index in [4.69, 9.17) is 26.6 Å². The quantitative estimate of drug-likeness (QED) is 0.196. The number of benzene rings is 2. The Morgan fingerprint density at radius 1 is 1.16 bits per heavy atom. The Morgan fingerprint density at radius 2 is 1.74 bits per heavy atom. The molecule has 0 aliphatic heterocycles. The lowest BCUT2D eigenvalue weighted by Crippen LogP contribution is -2.32. The van der Waals surface area contributed by atoms with Crippen LogP contribution in [0, 0.1) is 0 Å². The van der Waals surface area contributed by atoms with Gasteiger partial charge in [0.25, 0.3) is 10.1 Å². The van der Waals surface area contributed by atoms with Gasteiger partial charge in [0.15, 0.2) is 0 Å². The molecule has 0 saturated heterocycles. The van der Waals surface area contributed by atoms with Gasteiger partial charge in [-0.15, -0.1) is 3.89 Å². The molecule has 0 fully saturated rings. The number of nitrogens with one attached hydrogen (secondary N) is 2. The molecule has 172 valence electrons. The number of nitrogens with two attached hydrogens (primary N) is 1. The maximum absolute atomic E-state index is 12.8. The summed E-state index contributed by atoms with van der Waals surface area (Å²) in [6.45, 7) is 1.74. The monoisotopic (exact) mass is 497 g/mol. The fraction of sp³-hybridized carbons (Fsp3) is 0.235. The number of carbonyl (C=O) groups excluding carboxylic acids is 1. The molecule has 0 heterocycles. The Balaban J connectivity index is 0.000000703. The van der Waals surface area contributed by atoms with Crippen LogP contribution in [0.15, 0.2) is 47.4 Å². The summed E-state index contributed by atoms with van der Waals surface area (Å²) >= 11 is 5.95. The second-order valence-electron chi connectivity index (χ2n) is 5.75. The van der Waals surface area contributed by atoms with Crippen LogP contribution >= 0.6 is 11.6 Å². The zero-order valence-electron chi connectivity index (χ0n) is 16.2. The molecule has 0 aliphatic rings. The first-order valence-corrected chi connectivity index (χ1v) is 11.9. The third-order valence-corrected chi connectivity index (χ3v) is 5.22. The minimum Gasteiger partial charge on any atom is -0.490 e. The Bertz CT molecular complexity index is 1100. The van der Waals surface area contributed by atoms with Crippen molar-refractivity contribution in [1.82, 2.24) is 5.32 Å². The van der Waals surface area contributed by atoms with Gasteiger partial charge in [0.05, 0.1) is 22.2 Å². The van der Waals surface area contributed by atoms with Crippen molar-refractivity contribution < 1.29 is 34.8 Å². The maximum atomic E-state index is 12.8. The molecule has 0 bridgehead atoms. The van der Waals surface area contributed by atoms with Crippen LogP contribution in [0.2, 0.25) is 5.02 Å². The van der Waals surface area contributed by atoms with E-state index < -0.39 is 31.3 Å². The predicted octanol–water partition coefficient (Wildman–Crippen LogP) is 2.68. The third kappa shape index (κ3) is 10.8. The highest BCUT2D eigenvalue weighted by molar-refractivity contribution is 7.86. The average molecular weight is 498 g/mol. The summed E-state index contributed by atoms with van der Waals surface area (Å²) in [6, 6.07) is 8.95.